The molecule has 0 saturated carbocycles. The molecule has 0 radical (unpaired) electrons. The zero-order valence-corrected chi connectivity index (χ0v) is 15.2. The van der Waals surface area contributed by atoms with Gasteiger partial charge in [0.05, 0.1) is 7.11 Å². The van der Waals surface area contributed by atoms with Gasteiger partial charge in [0.1, 0.15) is 5.84 Å². The standard InChI is InChI=1S/C18H27N5O3/c1-26-16(24)4-2-3-9-21-18(25)23-12-10-22(11-13-23)15-7-5-14(6-8-15)17(19)20/h5-8H,2-4,9-13H2,1H3,(H3,19,20)(H,21,25). The van der Waals surface area contributed by atoms with Gasteiger partial charge in [-0.15, -0.1) is 0 Å². The predicted octanol–water partition coefficient (Wildman–Crippen LogP) is 1.15. The van der Waals surface area contributed by atoms with Gasteiger partial charge in [0.2, 0.25) is 0 Å². The molecule has 2 rings (SSSR count). The summed E-state index contributed by atoms with van der Waals surface area (Å²) < 4.78 is 4.58. The Hall–Kier alpha value is -2.77. The smallest absolute Gasteiger partial charge is 0.317 e. The maximum absolute atomic E-state index is 12.2. The highest BCUT2D eigenvalue weighted by Crippen LogP contribution is 2.17. The molecule has 142 valence electrons. The van der Waals surface area contributed by atoms with Crippen molar-refractivity contribution in [3.05, 3.63) is 29.8 Å². The molecule has 0 aliphatic carbocycles. The lowest BCUT2D eigenvalue weighted by Crippen LogP contribution is -2.52. The number of ether oxygens (including phenoxy) is 1. The van der Waals surface area contributed by atoms with Gasteiger partial charge in [-0.1, -0.05) is 0 Å². The minimum absolute atomic E-state index is 0.0598. The molecule has 0 atom stereocenters. The van der Waals surface area contributed by atoms with Crippen LogP contribution in [0, 0.1) is 5.41 Å². The van der Waals surface area contributed by atoms with Crippen molar-refractivity contribution < 1.29 is 14.3 Å². The van der Waals surface area contributed by atoms with Gasteiger partial charge in [-0.3, -0.25) is 10.2 Å². The molecule has 4 N–H and O–H groups in total. The first kappa shape index (κ1) is 19.6. The van der Waals surface area contributed by atoms with E-state index in [1.165, 1.54) is 7.11 Å². The van der Waals surface area contributed by atoms with Crippen LogP contribution in [0.15, 0.2) is 24.3 Å². The molecule has 8 nitrogen and oxygen atoms in total. The van der Waals surface area contributed by atoms with Gasteiger partial charge in [0.25, 0.3) is 0 Å². The number of nitrogen functional groups attached to an aromatic ring is 1. The Bertz CT molecular complexity index is 624. The molecule has 1 aliphatic heterocycles. The maximum Gasteiger partial charge on any atom is 0.317 e. The number of nitrogens with one attached hydrogen (secondary N) is 2. The van der Waals surface area contributed by atoms with Crippen LogP contribution in [0.4, 0.5) is 10.5 Å². The highest BCUT2D eigenvalue weighted by molar-refractivity contribution is 5.95. The summed E-state index contributed by atoms with van der Waals surface area (Å²) in [5, 5.41) is 10.3. The highest BCUT2D eigenvalue weighted by Gasteiger charge is 2.21. The van der Waals surface area contributed by atoms with Crippen molar-refractivity contribution in [1.82, 2.24) is 10.2 Å². The van der Waals surface area contributed by atoms with Crippen LogP contribution in [0.1, 0.15) is 24.8 Å². The van der Waals surface area contributed by atoms with E-state index in [0.717, 1.165) is 25.2 Å². The van der Waals surface area contributed by atoms with E-state index in [-0.39, 0.29) is 17.8 Å². The number of anilines is 1. The summed E-state index contributed by atoms with van der Waals surface area (Å²) >= 11 is 0. The van der Waals surface area contributed by atoms with Crippen molar-refractivity contribution in [3.63, 3.8) is 0 Å². The number of carbonyl (C=O) groups excluding carboxylic acids is 2. The van der Waals surface area contributed by atoms with E-state index in [2.05, 4.69) is 15.0 Å². The quantitative estimate of drug-likeness (QED) is 0.292. The minimum atomic E-state index is -0.219. The van der Waals surface area contributed by atoms with Crippen molar-refractivity contribution in [2.75, 3.05) is 44.7 Å². The van der Waals surface area contributed by atoms with E-state index in [9.17, 15) is 9.59 Å². The number of hydrogen-bond donors (Lipinski definition) is 3. The second kappa shape index (κ2) is 9.65. The average molecular weight is 361 g/mol. The normalized spacial score (nSPS) is 14.0. The van der Waals surface area contributed by atoms with Crippen LogP contribution in [0.2, 0.25) is 0 Å². The highest BCUT2D eigenvalue weighted by atomic mass is 16.5. The van der Waals surface area contributed by atoms with Crippen molar-refractivity contribution >= 4 is 23.5 Å². The third-order valence-electron chi connectivity index (χ3n) is 4.42. The lowest BCUT2D eigenvalue weighted by atomic mass is 10.1. The second-order valence-corrected chi connectivity index (χ2v) is 6.20. The summed E-state index contributed by atoms with van der Waals surface area (Å²) in [4.78, 5) is 27.2. The van der Waals surface area contributed by atoms with Gasteiger partial charge in [-0.2, -0.15) is 0 Å². The lowest BCUT2D eigenvalue weighted by Gasteiger charge is -2.36. The number of rotatable bonds is 7. The molecular formula is C18H27N5O3. The molecule has 1 heterocycles. The van der Waals surface area contributed by atoms with Crippen molar-refractivity contribution in [2.45, 2.75) is 19.3 Å². The van der Waals surface area contributed by atoms with E-state index < -0.39 is 0 Å². The number of hydrogen-bond acceptors (Lipinski definition) is 5. The van der Waals surface area contributed by atoms with E-state index in [1.54, 1.807) is 4.90 Å². The number of nitrogens with zero attached hydrogens (tertiary/aromatic N) is 2. The van der Waals surface area contributed by atoms with E-state index in [1.807, 2.05) is 24.3 Å². The van der Waals surface area contributed by atoms with E-state index in [0.29, 0.717) is 38.0 Å². The van der Waals surface area contributed by atoms with E-state index >= 15 is 0 Å². The number of methoxy groups -OCH3 is 1. The summed E-state index contributed by atoms with van der Waals surface area (Å²) in [6.45, 7) is 3.39. The Balaban J connectivity index is 1.69. The molecule has 0 aromatic heterocycles. The molecule has 2 amide bonds. The summed E-state index contributed by atoms with van der Waals surface area (Å²) in [7, 11) is 1.38. The number of amides is 2. The maximum atomic E-state index is 12.2. The second-order valence-electron chi connectivity index (χ2n) is 6.20. The number of nitrogens with two attached hydrogens (primary N) is 1. The number of esters is 1. The topological polar surface area (TPSA) is 112 Å². The Morgan fingerprint density at radius 1 is 1.15 bits per heavy atom. The number of carbonyl (C=O) groups is 2. The van der Waals surface area contributed by atoms with Gasteiger partial charge in [-0.05, 0) is 37.1 Å². The summed E-state index contributed by atoms with van der Waals surface area (Å²) in [5.41, 5.74) is 7.24. The molecule has 1 aromatic rings. The predicted molar refractivity (Wildman–Crippen MR) is 101 cm³/mol. The minimum Gasteiger partial charge on any atom is -0.469 e. The monoisotopic (exact) mass is 361 g/mol. The number of urea groups is 1. The fourth-order valence-electron chi connectivity index (χ4n) is 2.82. The molecule has 1 saturated heterocycles. The van der Waals surface area contributed by atoms with Gasteiger partial charge < -0.3 is 25.6 Å². The third kappa shape index (κ3) is 5.65. The Kier molecular flexibility index (Phi) is 7.25. The van der Waals surface area contributed by atoms with Crippen LogP contribution in [0.25, 0.3) is 0 Å². The Morgan fingerprint density at radius 2 is 1.81 bits per heavy atom. The number of unbranched alkanes of at least 4 members (excludes halogenated alkanes) is 1. The van der Waals surface area contributed by atoms with Crippen LogP contribution in [0.5, 0.6) is 0 Å². The molecular weight excluding hydrogens is 334 g/mol. The number of amidine groups is 1. The molecule has 26 heavy (non-hydrogen) atoms. The molecule has 1 aromatic carbocycles. The van der Waals surface area contributed by atoms with Crippen LogP contribution >= 0.6 is 0 Å². The van der Waals surface area contributed by atoms with Crippen molar-refractivity contribution in [3.8, 4) is 0 Å². The largest absolute Gasteiger partial charge is 0.469 e. The molecule has 1 aliphatic rings. The fourth-order valence-corrected chi connectivity index (χ4v) is 2.82. The zero-order valence-electron chi connectivity index (χ0n) is 15.2. The van der Waals surface area contributed by atoms with Crippen LogP contribution in [0.3, 0.4) is 0 Å². The van der Waals surface area contributed by atoms with Crippen LogP contribution in [-0.4, -0.2) is 62.6 Å². The zero-order chi connectivity index (χ0) is 18.9. The van der Waals surface area contributed by atoms with Gasteiger partial charge in [0.15, 0.2) is 0 Å². The number of piperazine rings is 1. The molecule has 0 unspecified atom stereocenters. The first-order valence-corrected chi connectivity index (χ1v) is 8.80. The van der Waals surface area contributed by atoms with Gasteiger partial charge in [-0.25, -0.2) is 4.79 Å². The molecule has 0 spiro atoms. The Morgan fingerprint density at radius 3 is 2.38 bits per heavy atom. The fraction of sp³-hybridized carbons (Fsp3) is 0.500. The van der Waals surface area contributed by atoms with Gasteiger partial charge in [0, 0.05) is 50.4 Å². The lowest BCUT2D eigenvalue weighted by molar-refractivity contribution is -0.140. The van der Waals surface area contributed by atoms with Crippen molar-refractivity contribution in [1.29, 1.82) is 5.41 Å². The van der Waals surface area contributed by atoms with E-state index in [4.69, 9.17) is 11.1 Å². The summed E-state index contributed by atoms with van der Waals surface area (Å²) in [6, 6.07) is 7.52. The third-order valence-corrected chi connectivity index (χ3v) is 4.42. The number of benzene rings is 1. The molecule has 0 bridgehead atoms. The average Bonchev–Trinajstić information content (AvgIpc) is 2.67. The van der Waals surface area contributed by atoms with Crippen LogP contribution < -0.4 is 16.0 Å². The van der Waals surface area contributed by atoms with Gasteiger partial charge >= 0.3 is 12.0 Å². The summed E-state index contributed by atoms with van der Waals surface area (Å²) in [6.07, 6.45) is 1.84. The first-order chi connectivity index (χ1) is 12.5. The van der Waals surface area contributed by atoms with Crippen LogP contribution in [-0.2, 0) is 9.53 Å². The molecule has 1 fully saturated rings. The Labute approximate surface area is 153 Å². The molecule has 8 heteroatoms. The first-order valence-electron chi connectivity index (χ1n) is 8.80. The SMILES string of the molecule is COC(=O)CCCCNC(=O)N1CCN(c2ccc(C(=N)N)cc2)CC1. The summed E-state index contributed by atoms with van der Waals surface area (Å²) in [5.74, 6) is -0.159. The van der Waals surface area contributed by atoms with Crippen molar-refractivity contribution in [2.24, 2.45) is 5.73 Å².